The number of allylic oxidation sites excluding steroid dienone is 1. The standard InChI is InChI=1S/C32H31N5O6S2/c1-4-20-16-44-30-25(35-28(39)24(36-42-15-19(2)3)23-17-45-32(34-23)33-18-38)29(40)37(30)26(20)31(41)43-27(21-11-7-5-8-12-21)22-13-9-6-10-14-22/h4-14,17-19,25,27,30H,1,15-16H2,2-3H3,(H,35,39)(H,33,34,38)/t25?,30-/m1/s1. The zero-order chi connectivity index (χ0) is 31.9. The summed E-state index contributed by atoms with van der Waals surface area (Å²) in [5.74, 6) is -1.31. The minimum atomic E-state index is -0.947. The number of hydrogen-bond donors (Lipinski definition) is 2. The number of carbonyl (C=O) groups excluding carboxylic acids is 4. The third-order valence-electron chi connectivity index (χ3n) is 6.86. The van der Waals surface area contributed by atoms with E-state index in [0.717, 1.165) is 22.5 Å². The van der Waals surface area contributed by atoms with E-state index in [1.807, 2.05) is 74.5 Å². The van der Waals surface area contributed by atoms with Crippen molar-refractivity contribution in [3.63, 3.8) is 0 Å². The number of β-lactam (4-membered cyclic amide) rings is 1. The van der Waals surface area contributed by atoms with Gasteiger partial charge in [-0.25, -0.2) is 9.78 Å². The summed E-state index contributed by atoms with van der Waals surface area (Å²) in [6, 6.07) is 17.8. The van der Waals surface area contributed by atoms with Crippen LogP contribution >= 0.6 is 23.1 Å². The van der Waals surface area contributed by atoms with Crippen LogP contribution in [-0.2, 0) is 28.8 Å². The highest BCUT2D eigenvalue weighted by Gasteiger charge is 2.54. The van der Waals surface area contributed by atoms with Crippen LogP contribution in [0.15, 0.2) is 95.1 Å². The Labute approximate surface area is 268 Å². The molecule has 232 valence electrons. The fraction of sp³-hybridized carbons (Fsp3) is 0.250. The maximum absolute atomic E-state index is 13.8. The quantitative estimate of drug-likeness (QED) is 0.0925. The van der Waals surface area contributed by atoms with Crippen LogP contribution in [0.1, 0.15) is 36.8 Å². The van der Waals surface area contributed by atoms with E-state index in [1.165, 1.54) is 16.7 Å². The minimum Gasteiger partial charge on any atom is -0.448 e. The van der Waals surface area contributed by atoms with Gasteiger partial charge in [0.05, 0.1) is 0 Å². The van der Waals surface area contributed by atoms with Crippen molar-refractivity contribution in [3.8, 4) is 0 Å². The first kappa shape index (κ1) is 31.7. The van der Waals surface area contributed by atoms with Crippen LogP contribution in [0.25, 0.3) is 0 Å². The van der Waals surface area contributed by atoms with Crippen molar-refractivity contribution >= 4 is 58.1 Å². The van der Waals surface area contributed by atoms with E-state index < -0.39 is 35.3 Å². The molecule has 13 heteroatoms. The lowest BCUT2D eigenvalue weighted by Gasteiger charge is -2.49. The summed E-state index contributed by atoms with van der Waals surface area (Å²) in [5, 5.41) is 10.4. The summed E-state index contributed by atoms with van der Waals surface area (Å²) in [5.41, 5.74) is 2.24. The van der Waals surface area contributed by atoms with Crippen LogP contribution in [0.2, 0.25) is 0 Å². The van der Waals surface area contributed by atoms with E-state index in [4.69, 9.17) is 9.57 Å². The molecule has 3 aromatic rings. The number of fused-ring (bicyclic) bond motifs is 1. The number of nitrogens with zero attached hydrogens (tertiary/aromatic N) is 3. The van der Waals surface area contributed by atoms with Crippen molar-refractivity contribution in [1.82, 2.24) is 15.2 Å². The Kier molecular flexibility index (Phi) is 10.1. The van der Waals surface area contributed by atoms with Crippen LogP contribution < -0.4 is 10.6 Å². The first-order chi connectivity index (χ1) is 21.8. The Morgan fingerprint density at radius 1 is 1.13 bits per heavy atom. The fourth-order valence-electron chi connectivity index (χ4n) is 4.70. The predicted molar refractivity (Wildman–Crippen MR) is 172 cm³/mol. The minimum absolute atomic E-state index is 0.0966. The highest BCUT2D eigenvalue weighted by Crippen LogP contribution is 2.42. The zero-order valence-electron chi connectivity index (χ0n) is 24.5. The number of anilines is 1. The molecular formula is C32H31N5O6S2. The van der Waals surface area contributed by atoms with E-state index in [-0.39, 0.29) is 34.8 Å². The third-order valence-corrected chi connectivity index (χ3v) is 8.94. The van der Waals surface area contributed by atoms with Gasteiger partial charge in [-0.05, 0) is 22.6 Å². The molecule has 0 spiro atoms. The molecular weight excluding hydrogens is 615 g/mol. The number of nitrogens with one attached hydrogen (secondary N) is 2. The molecule has 45 heavy (non-hydrogen) atoms. The summed E-state index contributed by atoms with van der Waals surface area (Å²) in [7, 11) is 0. The van der Waals surface area contributed by atoms with Gasteiger partial charge in [-0.2, -0.15) is 0 Å². The van der Waals surface area contributed by atoms with Gasteiger partial charge < -0.3 is 20.2 Å². The maximum Gasteiger partial charge on any atom is 0.356 e. The lowest BCUT2D eigenvalue weighted by Crippen LogP contribution is -2.71. The predicted octanol–water partition coefficient (Wildman–Crippen LogP) is 4.26. The second kappa shape index (κ2) is 14.4. The molecule has 0 aliphatic carbocycles. The molecule has 3 amide bonds. The molecule has 1 unspecified atom stereocenters. The van der Waals surface area contributed by atoms with E-state index in [1.54, 1.807) is 11.5 Å². The number of benzene rings is 2. The molecule has 1 saturated heterocycles. The highest BCUT2D eigenvalue weighted by atomic mass is 32.2. The second-order valence-electron chi connectivity index (χ2n) is 10.5. The normalized spacial score (nSPS) is 17.8. The number of hydrogen-bond acceptors (Lipinski definition) is 10. The monoisotopic (exact) mass is 645 g/mol. The van der Waals surface area contributed by atoms with E-state index in [2.05, 4.69) is 27.4 Å². The number of thioether (sulfide) groups is 1. The van der Waals surface area contributed by atoms with Gasteiger partial charge in [0.15, 0.2) is 16.9 Å². The van der Waals surface area contributed by atoms with E-state index >= 15 is 0 Å². The van der Waals surface area contributed by atoms with Crippen molar-refractivity contribution in [2.75, 3.05) is 17.7 Å². The molecule has 0 radical (unpaired) electrons. The number of amides is 3. The maximum atomic E-state index is 13.8. The second-order valence-corrected chi connectivity index (χ2v) is 12.4. The van der Waals surface area contributed by atoms with Gasteiger partial charge >= 0.3 is 5.97 Å². The van der Waals surface area contributed by atoms with Gasteiger partial charge in [-0.15, -0.1) is 23.1 Å². The average Bonchev–Trinajstić information content (AvgIpc) is 3.52. The molecule has 0 saturated carbocycles. The lowest BCUT2D eigenvalue weighted by atomic mass is 10.0. The lowest BCUT2D eigenvalue weighted by molar-refractivity contribution is -0.154. The largest absolute Gasteiger partial charge is 0.448 e. The van der Waals surface area contributed by atoms with E-state index in [9.17, 15) is 19.2 Å². The molecule has 11 nitrogen and oxygen atoms in total. The molecule has 2 aromatic carbocycles. The van der Waals surface area contributed by atoms with Crippen molar-refractivity contribution in [2.45, 2.75) is 31.4 Å². The first-order valence-corrected chi connectivity index (χ1v) is 16.0. The summed E-state index contributed by atoms with van der Waals surface area (Å²) >= 11 is 2.50. The molecule has 1 fully saturated rings. The van der Waals surface area contributed by atoms with E-state index in [0.29, 0.717) is 17.7 Å². The first-order valence-electron chi connectivity index (χ1n) is 14.1. The smallest absolute Gasteiger partial charge is 0.356 e. The SMILES string of the molecule is C=CC1=C(C(=O)OC(c2ccccc2)c2ccccc2)N2C(=O)C(NC(=O)C(=NOCC(C)C)c3csc(NC=O)n3)[C@H]2SC1. The summed E-state index contributed by atoms with van der Waals surface area (Å²) in [6.07, 6.45) is 1.31. The summed E-state index contributed by atoms with van der Waals surface area (Å²) < 4.78 is 6.08. The number of esters is 1. The number of ether oxygens (including phenoxy) is 1. The Morgan fingerprint density at radius 2 is 1.80 bits per heavy atom. The summed E-state index contributed by atoms with van der Waals surface area (Å²) in [4.78, 5) is 62.7. The van der Waals surface area contributed by atoms with Gasteiger partial charge in [0.25, 0.3) is 11.8 Å². The molecule has 3 heterocycles. The van der Waals surface area contributed by atoms with Gasteiger partial charge in [0.2, 0.25) is 6.41 Å². The molecule has 2 aliphatic rings. The van der Waals surface area contributed by atoms with Gasteiger partial charge in [0, 0.05) is 11.1 Å². The van der Waals surface area contributed by atoms with Crippen LogP contribution in [0, 0.1) is 5.92 Å². The van der Waals surface area contributed by atoms with Crippen molar-refractivity contribution in [3.05, 3.63) is 107 Å². The zero-order valence-corrected chi connectivity index (χ0v) is 26.2. The molecule has 2 atom stereocenters. The summed E-state index contributed by atoms with van der Waals surface area (Å²) in [6.45, 7) is 7.97. The molecule has 1 aromatic heterocycles. The van der Waals surface area contributed by atoms with Crippen LogP contribution in [-0.4, -0.2) is 63.6 Å². The van der Waals surface area contributed by atoms with Gasteiger partial charge in [-0.1, -0.05) is 92.3 Å². The number of rotatable bonds is 13. The number of aromatic nitrogens is 1. The topological polar surface area (TPSA) is 139 Å². The third kappa shape index (κ3) is 6.99. The van der Waals surface area contributed by atoms with Crippen molar-refractivity contribution in [1.29, 1.82) is 0 Å². The Morgan fingerprint density at radius 3 is 2.40 bits per heavy atom. The molecule has 5 rings (SSSR count). The van der Waals surface area contributed by atoms with Gasteiger partial charge in [0.1, 0.15) is 29.4 Å². The van der Waals surface area contributed by atoms with Crippen molar-refractivity contribution in [2.24, 2.45) is 11.1 Å². The average molecular weight is 646 g/mol. The van der Waals surface area contributed by atoms with Crippen molar-refractivity contribution < 1.29 is 28.8 Å². The fourth-order valence-corrected chi connectivity index (χ4v) is 6.69. The molecule has 0 bridgehead atoms. The molecule has 2 aliphatic heterocycles. The molecule has 2 N–H and O–H groups in total. The Bertz CT molecular complexity index is 1600. The van der Waals surface area contributed by atoms with Crippen LogP contribution in [0.3, 0.4) is 0 Å². The van der Waals surface area contributed by atoms with Crippen LogP contribution in [0.4, 0.5) is 5.13 Å². The number of carbonyl (C=O) groups is 4. The Hall–Kier alpha value is -4.75. The van der Waals surface area contributed by atoms with Crippen LogP contribution in [0.5, 0.6) is 0 Å². The highest BCUT2D eigenvalue weighted by molar-refractivity contribution is 8.00. The number of thiazole rings is 1. The number of oxime groups is 1. The Balaban J connectivity index is 1.36. The van der Waals surface area contributed by atoms with Gasteiger partial charge in [-0.3, -0.25) is 19.3 Å².